The summed E-state index contributed by atoms with van der Waals surface area (Å²) in [5, 5.41) is 0. The van der Waals surface area contributed by atoms with Gasteiger partial charge in [-0.15, -0.1) is 0 Å². The van der Waals surface area contributed by atoms with Crippen LogP contribution in [0.1, 0.15) is 26.7 Å². The van der Waals surface area contributed by atoms with E-state index in [2.05, 4.69) is 59.0 Å². The van der Waals surface area contributed by atoms with Gasteiger partial charge in [-0.05, 0) is 69.5 Å². The Morgan fingerprint density at radius 3 is 2.75 bits per heavy atom. The Morgan fingerprint density at radius 2 is 2.25 bits per heavy atom. The van der Waals surface area contributed by atoms with Crippen LogP contribution in [0.15, 0.2) is 7.16 Å². The summed E-state index contributed by atoms with van der Waals surface area (Å²) in [5.74, 6) is 0.732. The van der Waals surface area contributed by atoms with Gasteiger partial charge < -0.3 is 4.74 Å². The van der Waals surface area contributed by atoms with Crippen LogP contribution in [0.2, 0.25) is 0 Å². The van der Waals surface area contributed by atoms with Crippen molar-refractivity contribution in [2.24, 2.45) is 5.92 Å². The maximum Gasteiger partial charge on any atom is 0.0806 e. The van der Waals surface area contributed by atoms with Gasteiger partial charge in [0.05, 0.1) is 14.3 Å². The molecule has 0 N–H and O–H groups in total. The second kappa shape index (κ2) is 5.14. The summed E-state index contributed by atoms with van der Waals surface area (Å²) in [6, 6.07) is 0. The van der Waals surface area contributed by atoms with E-state index in [4.69, 9.17) is 4.74 Å². The minimum absolute atomic E-state index is 0.411. The number of hydrogen-bond acceptors (Lipinski definition) is 1. The summed E-state index contributed by atoms with van der Waals surface area (Å²) in [6.07, 6.45) is 2.72. The highest BCUT2D eigenvalue weighted by atomic mass is 127. The quantitative estimate of drug-likeness (QED) is 0.648. The molecule has 1 aliphatic rings. The Kier molecular flexibility index (Phi) is 4.82. The van der Waals surface area contributed by atoms with Gasteiger partial charge in [-0.2, -0.15) is 0 Å². The molecule has 0 bridgehead atoms. The van der Waals surface area contributed by atoms with Crippen molar-refractivity contribution in [3.05, 3.63) is 7.16 Å². The lowest BCUT2D eigenvalue weighted by Crippen LogP contribution is -2.11. The van der Waals surface area contributed by atoms with Crippen molar-refractivity contribution in [1.29, 1.82) is 0 Å². The summed E-state index contributed by atoms with van der Waals surface area (Å²) >= 11 is 4.79. The van der Waals surface area contributed by atoms with E-state index in [9.17, 15) is 0 Å². The Labute approximate surface area is 102 Å². The summed E-state index contributed by atoms with van der Waals surface area (Å²) in [5.41, 5.74) is 1.52. The molecule has 0 aromatic carbocycles. The van der Waals surface area contributed by atoms with Gasteiger partial charge in [0.15, 0.2) is 0 Å². The lowest BCUT2D eigenvalue weighted by atomic mass is 10.0. The second-order valence-corrected chi connectivity index (χ2v) is 7.75. The Hall–Kier alpha value is 1.16. The molecule has 0 spiro atoms. The van der Waals surface area contributed by atoms with Gasteiger partial charge in [0.25, 0.3) is 0 Å². The van der Waals surface area contributed by atoms with Gasteiger partial charge in [0, 0.05) is 0 Å². The standard InChI is InChI=1S/C9H14I2O/c1-6(2)5-8-7(9(10)11)3-4-12-8/h6,8H,3-5H2,1-2H3. The van der Waals surface area contributed by atoms with E-state index in [1.165, 1.54) is 13.6 Å². The first kappa shape index (κ1) is 11.2. The molecule has 1 rings (SSSR count). The average Bonchev–Trinajstić information content (AvgIpc) is 2.33. The van der Waals surface area contributed by atoms with Crippen molar-refractivity contribution in [3.63, 3.8) is 0 Å². The minimum Gasteiger partial charge on any atom is -0.373 e. The largest absolute Gasteiger partial charge is 0.373 e. The van der Waals surface area contributed by atoms with Crippen LogP contribution in [0.4, 0.5) is 0 Å². The fourth-order valence-electron chi connectivity index (χ4n) is 1.43. The van der Waals surface area contributed by atoms with Crippen LogP contribution in [0, 0.1) is 5.92 Å². The van der Waals surface area contributed by atoms with Crippen molar-refractivity contribution < 1.29 is 4.74 Å². The number of halogens is 2. The highest BCUT2D eigenvalue weighted by Gasteiger charge is 2.24. The van der Waals surface area contributed by atoms with E-state index in [0.29, 0.717) is 6.10 Å². The Balaban J connectivity index is 2.59. The van der Waals surface area contributed by atoms with Crippen molar-refractivity contribution in [2.75, 3.05) is 6.61 Å². The molecule has 0 amide bonds. The molecule has 0 radical (unpaired) electrons. The molecule has 0 aromatic heterocycles. The molecule has 1 fully saturated rings. The van der Waals surface area contributed by atoms with E-state index in [-0.39, 0.29) is 0 Å². The van der Waals surface area contributed by atoms with E-state index in [1.54, 1.807) is 0 Å². The summed E-state index contributed by atoms with van der Waals surface area (Å²) in [7, 11) is 0. The predicted octanol–water partition coefficient (Wildman–Crippen LogP) is 3.90. The first-order valence-electron chi connectivity index (χ1n) is 4.27. The van der Waals surface area contributed by atoms with Crippen LogP contribution >= 0.6 is 45.2 Å². The zero-order valence-corrected chi connectivity index (χ0v) is 11.8. The molecule has 1 unspecified atom stereocenters. The fraction of sp³-hybridized carbons (Fsp3) is 0.778. The van der Waals surface area contributed by atoms with Crippen LogP contribution < -0.4 is 0 Å². The molecular weight excluding hydrogens is 378 g/mol. The SMILES string of the molecule is CC(C)CC1OCCC1=C(I)I. The zero-order chi connectivity index (χ0) is 9.14. The van der Waals surface area contributed by atoms with Gasteiger partial charge in [0.2, 0.25) is 0 Å². The normalized spacial score (nSPS) is 23.8. The van der Waals surface area contributed by atoms with Crippen molar-refractivity contribution in [1.82, 2.24) is 0 Å². The van der Waals surface area contributed by atoms with E-state index in [1.807, 2.05) is 0 Å². The predicted molar refractivity (Wildman–Crippen MR) is 68.9 cm³/mol. The molecule has 3 heteroatoms. The number of rotatable bonds is 2. The third-order valence-corrected chi connectivity index (χ3v) is 3.39. The van der Waals surface area contributed by atoms with Gasteiger partial charge in [0.1, 0.15) is 0 Å². The molecule has 1 saturated heterocycles. The molecule has 0 aromatic rings. The van der Waals surface area contributed by atoms with Crippen LogP contribution in [-0.2, 0) is 4.74 Å². The maximum atomic E-state index is 5.67. The third-order valence-electron chi connectivity index (χ3n) is 2.01. The number of hydrogen-bond donors (Lipinski definition) is 0. The van der Waals surface area contributed by atoms with Gasteiger partial charge >= 0.3 is 0 Å². The maximum absolute atomic E-state index is 5.67. The van der Waals surface area contributed by atoms with E-state index < -0.39 is 0 Å². The van der Waals surface area contributed by atoms with Crippen LogP contribution in [0.25, 0.3) is 0 Å². The van der Waals surface area contributed by atoms with Gasteiger partial charge in [-0.1, -0.05) is 13.8 Å². The molecule has 0 saturated carbocycles. The fourth-order valence-corrected chi connectivity index (χ4v) is 2.66. The highest BCUT2D eigenvalue weighted by molar-refractivity contribution is 14.2. The lowest BCUT2D eigenvalue weighted by molar-refractivity contribution is 0.108. The average molecular weight is 392 g/mol. The van der Waals surface area contributed by atoms with Crippen molar-refractivity contribution in [3.8, 4) is 0 Å². The summed E-state index contributed by atoms with van der Waals surface area (Å²) in [4.78, 5) is 0. The molecule has 1 heterocycles. The van der Waals surface area contributed by atoms with Crippen LogP contribution in [-0.4, -0.2) is 12.7 Å². The molecular formula is C9H14I2O. The topological polar surface area (TPSA) is 9.23 Å². The van der Waals surface area contributed by atoms with Crippen molar-refractivity contribution in [2.45, 2.75) is 32.8 Å². The third kappa shape index (κ3) is 3.14. The molecule has 1 atom stereocenters. The molecule has 0 aliphatic carbocycles. The van der Waals surface area contributed by atoms with Crippen LogP contribution in [0.5, 0.6) is 0 Å². The zero-order valence-electron chi connectivity index (χ0n) is 7.44. The van der Waals surface area contributed by atoms with Gasteiger partial charge in [-0.3, -0.25) is 0 Å². The lowest BCUT2D eigenvalue weighted by Gasteiger charge is -2.14. The van der Waals surface area contributed by atoms with Crippen molar-refractivity contribution >= 4 is 45.2 Å². The monoisotopic (exact) mass is 392 g/mol. The molecule has 70 valence electrons. The first-order chi connectivity index (χ1) is 5.61. The first-order valence-corrected chi connectivity index (χ1v) is 6.42. The second-order valence-electron chi connectivity index (χ2n) is 3.52. The number of ether oxygens (including phenoxy) is 1. The molecule has 1 nitrogen and oxygen atoms in total. The van der Waals surface area contributed by atoms with E-state index >= 15 is 0 Å². The van der Waals surface area contributed by atoms with Gasteiger partial charge in [-0.25, -0.2) is 0 Å². The summed E-state index contributed by atoms with van der Waals surface area (Å²) in [6.45, 7) is 5.42. The summed E-state index contributed by atoms with van der Waals surface area (Å²) < 4.78 is 7.07. The highest BCUT2D eigenvalue weighted by Crippen LogP contribution is 2.33. The minimum atomic E-state index is 0.411. The smallest absolute Gasteiger partial charge is 0.0806 e. The Bertz CT molecular complexity index is 183. The van der Waals surface area contributed by atoms with Crippen LogP contribution in [0.3, 0.4) is 0 Å². The van der Waals surface area contributed by atoms with E-state index in [0.717, 1.165) is 18.9 Å². The molecule has 12 heavy (non-hydrogen) atoms. The molecule has 1 aliphatic heterocycles. The Morgan fingerprint density at radius 1 is 1.58 bits per heavy atom.